The summed E-state index contributed by atoms with van der Waals surface area (Å²) >= 11 is 0. The average Bonchev–Trinajstić information content (AvgIpc) is 3.35. The molecular weight excluding hydrogens is 853 g/mol. The first-order valence-electron chi connectivity index (χ1n) is 29.4. The van der Waals surface area contributed by atoms with Gasteiger partial charge in [-0.1, -0.05) is 235 Å². The van der Waals surface area contributed by atoms with Crippen LogP contribution in [0.2, 0.25) is 0 Å². The number of ether oxygens (including phenoxy) is 3. The summed E-state index contributed by atoms with van der Waals surface area (Å²) in [5.74, 6) is -0.900. The maximum Gasteiger partial charge on any atom is 0.306 e. The first-order valence-corrected chi connectivity index (χ1v) is 29.4. The van der Waals surface area contributed by atoms with Gasteiger partial charge in [-0.05, 0) is 109 Å². The molecule has 0 aliphatic carbocycles. The summed E-state index contributed by atoms with van der Waals surface area (Å²) in [6.07, 6.45) is 73.2. The van der Waals surface area contributed by atoms with Crippen molar-refractivity contribution in [3.8, 4) is 0 Å². The highest BCUT2D eigenvalue weighted by atomic mass is 16.6. The fraction of sp³-hybridized carbons (Fsp3) is 0.762. The van der Waals surface area contributed by atoms with Crippen molar-refractivity contribution in [2.45, 2.75) is 297 Å². The highest BCUT2D eigenvalue weighted by molar-refractivity contribution is 5.71. The lowest BCUT2D eigenvalue weighted by Crippen LogP contribution is -2.30. The molecule has 0 spiro atoms. The van der Waals surface area contributed by atoms with Gasteiger partial charge in [0.25, 0.3) is 0 Å². The quantitative estimate of drug-likeness (QED) is 0.0262. The molecule has 0 aromatic heterocycles. The number of hydrogen-bond donors (Lipinski definition) is 0. The van der Waals surface area contributed by atoms with E-state index < -0.39 is 6.10 Å². The Hall–Kier alpha value is -3.15. The predicted octanol–water partition coefficient (Wildman–Crippen LogP) is 19.8. The molecule has 0 aromatic rings. The molecule has 0 amide bonds. The van der Waals surface area contributed by atoms with Crippen molar-refractivity contribution in [3.63, 3.8) is 0 Å². The molecule has 0 aliphatic heterocycles. The normalized spacial score (nSPS) is 12.6. The predicted molar refractivity (Wildman–Crippen MR) is 298 cm³/mol. The van der Waals surface area contributed by atoms with Crippen LogP contribution in [0.25, 0.3) is 0 Å². The number of allylic oxidation sites excluding steroid dienone is 12. The highest BCUT2D eigenvalue weighted by Crippen LogP contribution is 2.15. The monoisotopic (exact) mass is 963 g/mol. The van der Waals surface area contributed by atoms with Gasteiger partial charge in [0.05, 0.1) is 0 Å². The molecule has 0 saturated carbocycles. The average molecular weight is 964 g/mol. The Morgan fingerprint density at radius 3 is 0.928 bits per heavy atom. The Morgan fingerprint density at radius 2 is 0.565 bits per heavy atom. The third kappa shape index (κ3) is 55.6. The van der Waals surface area contributed by atoms with Crippen molar-refractivity contribution in [2.75, 3.05) is 13.2 Å². The summed E-state index contributed by atoms with van der Waals surface area (Å²) in [4.78, 5) is 38.2. The first kappa shape index (κ1) is 65.8. The number of rotatable bonds is 53. The van der Waals surface area contributed by atoms with Crippen LogP contribution < -0.4 is 0 Å². The van der Waals surface area contributed by atoms with Gasteiger partial charge in [0.2, 0.25) is 0 Å². The van der Waals surface area contributed by atoms with E-state index in [2.05, 4.69) is 93.7 Å². The molecule has 0 aliphatic rings. The SMILES string of the molecule is CC/C=C\C/C=C\C/C=C\CCCCCCCC(=O)OC[C@H](COC(=O)CCCCCCCCCCC/C=C\C/C=C\CCCCC)OC(=O)CCCCCCCCC/C=C\CCCCCCCC. The zero-order valence-electron chi connectivity index (χ0n) is 45.6. The molecule has 0 heterocycles. The summed E-state index contributed by atoms with van der Waals surface area (Å²) in [7, 11) is 0. The summed E-state index contributed by atoms with van der Waals surface area (Å²) < 4.78 is 16.9. The molecule has 0 saturated heterocycles. The molecule has 0 unspecified atom stereocenters. The van der Waals surface area contributed by atoms with Gasteiger partial charge in [0, 0.05) is 19.3 Å². The van der Waals surface area contributed by atoms with Gasteiger partial charge in [-0.25, -0.2) is 0 Å². The molecule has 0 rings (SSSR count). The van der Waals surface area contributed by atoms with Crippen molar-refractivity contribution >= 4 is 17.9 Å². The molecule has 69 heavy (non-hydrogen) atoms. The van der Waals surface area contributed by atoms with Crippen LogP contribution in [0, 0.1) is 0 Å². The summed E-state index contributed by atoms with van der Waals surface area (Å²) in [5, 5.41) is 0. The zero-order valence-corrected chi connectivity index (χ0v) is 45.6. The molecule has 0 bridgehead atoms. The fourth-order valence-electron chi connectivity index (χ4n) is 8.25. The maximum atomic E-state index is 12.9. The Bertz CT molecular complexity index is 1290. The van der Waals surface area contributed by atoms with E-state index in [9.17, 15) is 14.4 Å². The van der Waals surface area contributed by atoms with Crippen molar-refractivity contribution in [3.05, 3.63) is 72.9 Å². The largest absolute Gasteiger partial charge is 0.462 e. The first-order chi connectivity index (χ1) is 34.0. The number of carbonyl (C=O) groups is 3. The van der Waals surface area contributed by atoms with Gasteiger partial charge in [-0.3, -0.25) is 14.4 Å². The van der Waals surface area contributed by atoms with Gasteiger partial charge < -0.3 is 14.2 Å². The number of hydrogen-bond acceptors (Lipinski definition) is 6. The van der Waals surface area contributed by atoms with Crippen molar-refractivity contribution < 1.29 is 28.6 Å². The standard InChI is InChI=1S/C63H110O6/c1-4-7-10-13-16-19-22-25-28-30-31-33-35-38-41-44-47-50-53-56-62(65)68-59-60(58-67-61(64)55-52-49-46-43-40-37-34-27-24-21-18-15-12-9-6-3)69-63(66)57-54-51-48-45-42-39-36-32-29-26-23-20-17-14-11-8-5-2/h9,12,16,18-19,21,25-29,34,60H,4-8,10-11,13-15,17,20,22-24,30-33,35-59H2,1-3H3/b12-9-,19-16-,21-18-,28-25-,29-26-,34-27-/t60-/m1/s1. The van der Waals surface area contributed by atoms with E-state index >= 15 is 0 Å². The molecule has 0 aromatic carbocycles. The van der Waals surface area contributed by atoms with Crippen molar-refractivity contribution in [1.29, 1.82) is 0 Å². The maximum absolute atomic E-state index is 12.9. The van der Waals surface area contributed by atoms with E-state index in [0.717, 1.165) is 103 Å². The molecule has 6 heteroatoms. The molecule has 398 valence electrons. The van der Waals surface area contributed by atoms with Crippen molar-refractivity contribution in [1.82, 2.24) is 0 Å². The van der Waals surface area contributed by atoms with E-state index in [1.807, 2.05) is 0 Å². The smallest absolute Gasteiger partial charge is 0.306 e. The van der Waals surface area contributed by atoms with Crippen LogP contribution in [-0.2, 0) is 28.6 Å². The van der Waals surface area contributed by atoms with Gasteiger partial charge in [-0.15, -0.1) is 0 Å². The number of carbonyl (C=O) groups excluding carboxylic acids is 3. The second-order valence-electron chi connectivity index (χ2n) is 19.5. The molecule has 0 N–H and O–H groups in total. The minimum atomic E-state index is -0.787. The topological polar surface area (TPSA) is 78.9 Å². The molecule has 0 radical (unpaired) electrons. The summed E-state index contributed by atoms with van der Waals surface area (Å²) in [6.45, 7) is 6.50. The van der Waals surface area contributed by atoms with Crippen LogP contribution >= 0.6 is 0 Å². The zero-order chi connectivity index (χ0) is 50.0. The van der Waals surface area contributed by atoms with Crippen molar-refractivity contribution in [2.24, 2.45) is 0 Å². The van der Waals surface area contributed by atoms with E-state index in [-0.39, 0.29) is 31.1 Å². The Labute approximate surface area is 427 Å². The van der Waals surface area contributed by atoms with E-state index in [1.54, 1.807) is 0 Å². The van der Waals surface area contributed by atoms with E-state index in [1.165, 1.54) is 148 Å². The molecule has 6 nitrogen and oxygen atoms in total. The second-order valence-corrected chi connectivity index (χ2v) is 19.5. The second kappa shape index (κ2) is 57.4. The van der Waals surface area contributed by atoms with E-state index in [0.29, 0.717) is 19.3 Å². The Kier molecular flexibility index (Phi) is 54.8. The Balaban J connectivity index is 4.40. The third-order valence-electron chi connectivity index (χ3n) is 12.7. The fourth-order valence-corrected chi connectivity index (χ4v) is 8.25. The van der Waals surface area contributed by atoms with Gasteiger partial charge in [-0.2, -0.15) is 0 Å². The molecular formula is C63H110O6. The van der Waals surface area contributed by atoms with Crippen LogP contribution in [-0.4, -0.2) is 37.2 Å². The summed E-state index contributed by atoms with van der Waals surface area (Å²) in [6, 6.07) is 0. The lowest BCUT2D eigenvalue weighted by molar-refractivity contribution is -0.167. The van der Waals surface area contributed by atoms with Crippen LogP contribution in [0.1, 0.15) is 290 Å². The summed E-state index contributed by atoms with van der Waals surface area (Å²) in [5.41, 5.74) is 0. The third-order valence-corrected chi connectivity index (χ3v) is 12.7. The lowest BCUT2D eigenvalue weighted by atomic mass is 10.1. The van der Waals surface area contributed by atoms with Gasteiger partial charge >= 0.3 is 17.9 Å². The molecule has 0 fully saturated rings. The van der Waals surface area contributed by atoms with Crippen LogP contribution in [0.5, 0.6) is 0 Å². The minimum absolute atomic E-state index is 0.0842. The van der Waals surface area contributed by atoms with Crippen LogP contribution in [0.3, 0.4) is 0 Å². The minimum Gasteiger partial charge on any atom is -0.462 e. The number of esters is 3. The Morgan fingerprint density at radius 1 is 0.304 bits per heavy atom. The number of unbranched alkanes of at least 4 members (excludes halogenated alkanes) is 30. The lowest BCUT2D eigenvalue weighted by Gasteiger charge is -2.18. The highest BCUT2D eigenvalue weighted by Gasteiger charge is 2.19. The van der Waals surface area contributed by atoms with Gasteiger partial charge in [0.1, 0.15) is 13.2 Å². The molecule has 1 atom stereocenters. The van der Waals surface area contributed by atoms with Crippen LogP contribution in [0.15, 0.2) is 72.9 Å². The van der Waals surface area contributed by atoms with Gasteiger partial charge in [0.15, 0.2) is 6.10 Å². The van der Waals surface area contributed by atoms with E-state index in [4.69, 9.17) is 14.2 Å². The van der Waals surface area contributed by atoms with Crippen LogP contribution in [0.4, 0.5) is 0 Å².